The number of nitrogens with one attached hydrogen (secondary N) is 1. The number of benzene rings is 3. The van der Waals surface area contributed by atoms with Crippen LogP contribution in [0.5, 0.6) is 17.2 Å². The van der Waals surface area contributed by atoms with Crippen LogP contribution in [0.25, 0.3) is 21.7 Å². The van der Waals surface area contributed by atoms with E-state index in [1.165, 1.54) is 16.3 Å². The first kappa shape index (κ1) is 22.7. The maximum Gasteiger partial charge on any atom is 0.204 e. The van der Waals surface area contributed by atoms with Gasteiger partial charge >= 0.3 is 0 Å². The molecule has 0 aliphatic rings. The number of hydrogen-bond donors (Lipinski definition) is 1. The molecule has 1 aromatic heterocycles. The third kappa shape index (κ3) is 4.26. The van der Waals surface area contributed by atoms with Crippen LogP contribution in [-0.2, 0) is 6.54 Å². The van der Waals surface area contributed by atoms with Gasteiger partial charge in [-0.2, -0.15) is 0 Å². The smallest absolute Gasteiger partial charge is 0.204 e. The van der Waals surface area contributed by atoms with Gasteiger partial charge in [0.05, 0.1) is 26.8 Å². The highest BCUT2D eigenvalue weighted by molar-refractivity contribution is 5.92. The summed E-state index contributed by atoms with van der Waals surface area (Å²) in [5.74, 6) is 2.67. The Balaban J connectivity index is 1.74. The summed E-state index contributed by atoms with van der Waals surface area (Å²) in [6, 6.07) is 19.1. The van der Waals surface area contributed by atoms with Gasteiger partial charge in [0.15, 0.2) is 11.5 Å². The van der Waals surface area contributed by atoms with Crippen LogP contribution in [0.2, 0.25) is 0 Å². The van der Waals surface area contributed by atoms with E-state index in [-0.39, 0.29) is 6.04 Å². The lowest BCUT2D eigenvalue weighted by molar-refractivity contribution is 0.327. The molecule has 0 fully saturated rings. The number of anilines is 1. The maximum atomic E-state index is 5.71. The minimum atomic E-state index is 0.161. The van der Waals surface area contributed by atoms with Crippen LogP contribution in [0, 0.1) is 0 Å². The molecule has 0 saturated heterocycles. The first-order valence-corrected chi connectivity index (χ1v) is 11.0. The lowest BCUT2D eigenvalue weighted by Crippen LogP contribution is -2.21. The quantitative estimate of drug-likeness (QED) is 0.396. The lowest BCUT2D eigenvalue weighted by atomic mass is 9.99. The highest BCUT2D eigenvalue weighted by Crippen LogP contribution is 2.44. The number of fused-ring (bicyclic) bond motifs is 2. The van der Waals surface area contributed by atoms with Gasteiger partial charge in [0, 0.05) is 43.7 Å². The largest absolute Gasteiger partial charge is 0.493 e. The zero-order valence-corrected chi connectivity index (χ0v) is 20.1. The summed E-state index contributed by atoms with van der Waals surface area (Å²) < 4.78 is 16.8. The molecule has 1 N–H and O–H groups in total. The zero-order chi connectivity index (χ0) is 23.5. The highest BCUT2D eigenvalue weighted by Gasteiger charge is 2.20. The van der Waals surface area contributed by atoms with E-state index in [9.17, 15) is 0 Å². The van der Waals surface area contributed by atoms with Crippen LogP contribution in [0.3, 0.4) is 0 Å². The molecule has 0 spiro atoms. The molecule has 4 aromatic rings. The van der Waals surface area contributed by atoms with E-state index in [4.69, 9.17) is 19.2 Å². The molecular weight excluding hydrogens is 414 g/mol. The fourth-order valence-electron chi connectivity index (χ4n) is 4.34. The van der Waals surface area contributed by atoms with Gasteiger partial charge in [0.25, 0.3) is 0 Å². The predicted molar refractivity (Wildman–Crippen MR) is 135 cm³/mol. The molecule has 1 atom stereocenters. The van der Waals surface area contributed by atoms with E-state index in [1.807, 2.05) is 25.1 Å². The molecule has 172 valence electrons. The Labute approximate surface area is 195 Å². The second-order valence-corrected chi connectivity index (χ2v) is 8.25. The summed E-state index contributed by atoms with van der Waals surface area (Å²) >= 11 is 0. The molecule has 0 aliphatic carbocycles. The molecule has 0 unspecified atom stereocenters. The van der Waals surface area contributed by atoms with E-state index in [0.717, 1.165) is 22.3 Å². The maximum absolute atomic E-state index is 5.71. The highest BCUT2D eigenvalue weighted by atomic mass is 16.5. The monoisotopic (exact) mass is 445 g/mol. The topological polar surface area (TPSA) is 55.9 Å². The Morgan fingerprint density at radius 3 is 2.30 bits per heavy atom. The number of rotatable bonds is 8. The van der Waals surface area contributed by atoms with E-state index in [1.54, 1.807) is 21.3 Å². The Kier molecular flexibility index (Phi) is 6.56. The number of nitrogens with zero attached hydrogens (tertiary/aromatic N) is 2. The Hall–Kier alpha value is -3.51. The molecule has 6 nitrogen and oxygen atoms in total. The van der Waals surface area contributed by atoms with Crippen molar-refractivity contribution in [2.75, 3.05) is 40.3 Å². The van der Waals surface area contributed by atoms with Gasteiger partial charge in [-0.25, -0.2) is 4.98 Å². The molecule has 3 aromatic carbocycles. The molecule has 0 bridgehead atoms. The lowest BCUT2D eigenvalue weighted by Gasteiger charge is -2.22. The van der Waals surface area contributed by atoms with Gasteiger partial charge < -0.3 is 24.4 Å². The number of aromatic nitrogens is 1. The van der Waals surface area contributed by atoms with Crippen molar-refractivity contribution >= 4 is 27.5 Å². The molecule has 33 heavy (non-hydrogen) atoms. The average Bonchev–Trinajstić information content (AvgIpc) is 2.84. The van der Waals surface area contributed by atoms with Crippen molar-refractivity contribution in [2.45, 2.75) is 19.5 Å². The fourth-order valence-corrected chi connectivity index (χ4v) is 4.34. The zero-order valence-electron chi connectivity index (χ0n) is 20.1. The summed E-state index contributed by atoms with van der Waals surface area (Å²) in [7, 11) is 8.87. The summed E-state index contributed by atoms with van der Waals surface area (Å²) in [5.41, 5.74) is 3.14. The Bertz CT molecular complexity index is 1280. The molecule has 0 amide bonds. The molecule has 6 heteroatoms. The summed E-state index contributed by atoms with van der Waals surface area (Å²) in [6.07, 6.45) is 0. The first-order valence-electron chi connectivity index (χ1n) is 11.0. The number of methoxy groups -OCH3 is 3. The summed E-state index contributed by atoms with van der Waals surface area (Å²) in [6.45, 7) is 2.85. The number of hydrogen-bond acceptors (Lipinski definition) is 6. The van der Waals surface area contributed by atoms with Crippen molar-refractivity contribution in [3.8, 4) is 17.2 Å². The van der Waals surface area contributed by atoms with Gasteiger partial charge in [-0.1, -0.05) is 42.5 Å². The summed E-state index contributed by atoms with van der Waals surface area (Å²) in [5, 5.41) is 7.09. The van der Waals surface area contributed by atoms with E-state index in [2.05, 4.69) is 60.8 Å². The van der Waals surface area contributed by atoms with Crippen molar-refractivity contribution in [3.63, 3.8) is 0 Å². The van der Waals surface area contributed by atoms with E-state index in [0.29, 0.717) is 23.8 Å². The first-order chi connectivity index (χ1) is 16.0. The fraction of sp³-hybridized carbons (Fsp3) is 0.296. The van der Waals surface area contributed by atoms with E-state index >= 15 is 0 Å². The third-order valence-corrected chi connectivity index (χ3v) is 5.99. The minimum Gasteiger partial charge on any atom is -0.493 e. The van der Waals surface area contributed by atoms with E-state index < -0.39 is 0 Å². The van der Waals surface area contributed by atoms with Crippen LogP contribution in [0.15, 0.2) is 54.6 Å². The standard InChI is InChI=1S/C27H31N3O3/c1-17(20-13-9-11-18-10-7-8-12-21(18)20)28-16-19-14-22-23(29-27(19)30(2)3)15-24(31-4)26(33-6)25(22)32-5/h7-15,17,28H,16H2,1-6H3/t17-/m0/s1. The van der Waals surface area contributed by atoms with Gasteiger partial charge in [0.2, 0.25) is 5.75 Å². The van der Waals surface area contributed by atoms with Crippen molar-refractivity contribution in [1.82, 2.24) is 10.3 Å². The molecule has 1 heterocycles. The number of pyridine rings is 1. The van der Waals surface area contributed by atoms with Gasteiger partial charge in [0.1, 0.15) is 5.82 Å². The normalized spacial score (nSPS) is 12.1. The van der Waals surface area contributed by atoms with Crippen LogP contribution < -0.4 is 24.4 Å². The van der Waals surface area contributed by atoms with Gasteiger partial charge in [-0.05, 0) is 29.3 Å². The van der Waals surface area contributed by atoms with Crippen LogP contribution in [0.4, 0.5) is 5.82 Å². The van der Waals surface area contributed by atoms with Crippen LogP contribution >= 0.6 is 0 Å². The van der Waals surface area contributed by atoms with Crippen LogP contribution in [-0.4, -0.2) is 40.4 Å². The predicted octanol–water partition coefficient (Wildman–Crippen LogP) is 5.33. The minimum absolute atomic E-state index is 0.161. The molecule has 4 rings (SSSR count). The molecule has 0 saturated carbocycles. The SMILES string of the molecule is COc1cc2nc(N(C)C)c(CN[C@@H](C)c3cccc4ccccc34)cc2c(OC)c1OC. The third-order valence-electron chi connectivity index (χ3n) is 5.99. The Morgan fingerprint density at radius 2 is 1.61 bits per heavy atom. The van der Waals surface area contributed by atoms with Crippen molar-refractivity contribution in [3.05, 3.63) is 65.7 Å². The van der Waals surface area contributed by atoms with Crippen LogP contribution in [0.1, 0.15) is 24.1 Å². The average molecular weight is 446 g/mol. The Morgan fingerprint density at radius 1 is 0.879 bits per heavy atom. The van der Waals surface area contributed by atoms with Gasteiger partial charge in [-0.15, -0.1) is 0 Å². The molecular formula is C27H31N3O3. The van der Waals surface area contributed by atoms with Crippen molar-refractivity contribution < 1.29 is 14.2 Å². The molecule has 0 radical (unpaired) electrons. The summed E-state index contributed by atoms with van der Waals surface area (Å²) in [4.78, 5) is 6.97. The second kappa shape index (κ2) is 9.55. The van der Waals surface area contributed by atoms with Crippen molar-refractivity contribution in [1.29, 1.82) is 0 Å². The number of ether oxygens (including phenoxy) is 3. The van der Waals surface area contributed by atoms with Crippen molar-refractivity contribution in [2.24, 2.45) is 0 Å². The second-order valence-electron chi connectivity index (χ2n) is 8.25. The molecule has 0 aliphatic heterocycles. The van der Waals surface area contributed by atoms with Gasteiger partial charge in [-0.3, -0.25) is 0 Å².